The highest BCUT2D eigenvalue weighted by atomic mass is 16.5. The third-order valence-corrected chi connectivity index (χ3v) is 4.26. The molecule has 8 nitrogen and oxygen atoms in total. The first kappa shape index (κ1) is 19.1. The molecule has 4 aromatic rings. The Hall–Kier alpha value is -4.20. The third kappa shape index (κ3) is 4.99. The summed E-state index contributed by atoms with van der Waals surface area (Å²) in [4.78, 5) is 12.7. The average Bonchev–Trinajstić information content (AvgIpc) is 3.31. The predicted octanol–water partition coefficient (Wildman–Crippen LogP) is 3.61. The standard InChI is InChI=1S/C22H19N5O3/c28-21(23-22-24-26-27-25-22)19-12-11-18(29-14-16-7-3-1-4-8-16)13-20(19)30-15-17-9-5-2-6-10-17/h1-13H,14-15H2,(H2,23,24,25,26,27,28). The Morgan fingerprint density at radius 3 is 2.17 bits per heavy atom. The molecule has 0 unspecified atom stereocenters. The molecule has 2 N–H and O–H groups in total. The zero-order valence-corrected chi connectivity index (χ0v) is 16.0. The van der Waals surface area contributed by atoms with Crippen molar-refractivity contribution in [3.63, 3.8) is 0 Å². The van der Waals surface area contributed by atoms with Gasteiger partial charge in [-0.3, -0.25) is 10.1 Å². The first-order valence-electron chi connectivity index (χ1n) is 9.30. The minimum absolute atomic E-state index is 0.151. The number of carbonyl (C=O) groups is 1. The van der Waals surface area contributed by atoms with E-state index in [1.54, 1.807) is 18.2 Å². The van der Waals surface area contributed by atoms with E-state index >= 15 is 0 Å². The number of aromatic nitrogens is 4. The van der Waals surface area contributed by atoms with Crippen molar-refractivity contribution in [2.24, 2.45) is 0 Å². The van der Waals surface area contributed by atoms with Crippen LogP contribution in [0.2, 0.25) is 0 Å². The predicted molar refractivity (Wildman–Crippen MR) is 110 cm³/mol. The highest BCUT2D eigenvalue weighted by molar-refractivity contribution is 6.05. The number of nitrogens with zero attached hydrogens (tertiary/aromatic N) is 3. The number of aromatic amines is 1. The first-order valence-corrected chi connectivity index (χ1v) is 9.30. The number of amides is 1. The molecule has 0 saturated carbocycles. The van der Waals surface area contributed by atoms with Crippen molar-refractivity contribution in [1.29, 1.82) is 0 Å². The van der Waals surface area contributed by atoms with Crippen molar-refractivity contribution in [2.75, 3.05) is 5.32 Å². The van der Waals surface area contributed by atoms with Gasteiger partial charge in [0.1, 0.15) is 24.7 Å². The van der Waals surface area contributed by atoms with Gasteiger partial charge in [0.15, 0.2) is 0 Å². The van der Waals surface area contributed by atoms with E-state index in [0.29, 0.717) is 30.3 Å². The van der Waals surface area contributed by atoms with Gasteiger partial charge in [-0.15, -0.1) is 0 Å². The SMILES string of the molecule is O=C(Nc1nnn[nH]1)c1ccc(OCc2ccccc2)cc1OCc1ccccc1. The number of benzene rings is 3. The fourth-order valence-corrected chi connectivity index (χ4v) is 2.76. The number of anilines is 1. The van der Waals surface area contributed by atoms with Crippen LogP contribution in [0.1, 0.15) is 21.5 Å². The fourth-order valence-electron chi connectivity index (χ4n) is 2.76. The van der Waals surface area contributed by atoms with Gasteiger partial charge in [0, 0.05) is 6.07 Å². The second kappa shape index (κ2) is 9.33. The van der Waals surface area contributed by atoms with E-state index in [2.05, 4.69) is 25.9 Å². The summed E-state index contributed by atoms with van der Waals surface area (Å²) >= 11 is 0. The lowest BCUT2D eigenvalue weighted by Gasteiger charge is -2.14. The number of nitrogens with one attached hydrogen (secondary N) is 2. The molecule has 1 amide bonds. The van der Waals surface area contributed by atoms with Gasteiger partial charge in [-0.2, -0.15) is 0 Å². The van der Waals surface area contributed by atoms with Crippen molar-refractivity contribution >= 4 is 11.9 Å². The second-order valence-corrected chi connectivity index (χ2v) is 6.41. The molecule has 0 bridgehead atoms. The number of hydrogen-bond acceptors (Lipinski definition) is 6. The monoisotopic (exact) mass is 401 g/mol. The molecular weight excluding hydrogens is 382 g/mol. The lowest BCUT2D eigenvalue weighted by atomic mass is 10.1. The van der Waals surface area contributed by atoms with Crippen LogP contribution in [0.15, 0.2) is 78.9 Å². The highest BCUT2D eigenvalue weighted by Gasteiger charge is 2.16. The minimum atomic E-state index is -0.397. The number of tetrazole rings is 1. The van der Waals surface area contributed by atoms with Crippen molar-refractivity contribution in [2.45, 2.75) is 13.2 Å². The molecule has 30 heavy (non-hydrogen) atoms. The summed E-state index contributed by atoms with van der Waals surface area (Å²) in [6.45, 7) is 0.724. The quantitative estimate of drug-likeness (QED) is 0.468. The van der Waals surface area contributed by atoms with Crippen LogP contribution in [0.25, 0.3) is 0 Å². The first-order chi connectivity index (χ1) is 14.8. The Labute approximate surface area is 172 Å². The molecule has 0 aliphatic heterocycles. The van der Waals surface area contributed by atoms with Crippen LogP contribution < -0.4 is 14.8 Å². The summed E-state index contributed by atoms with van der Waals surface area (Å²) in [7, 11) is 0. The number of rotatable bonds is 8. The van der Waals surface area contributed by atoms with Crippen LogP contribution in [0.3, 0.4) is 0 Å². The van der Waals surface area contributed by atoms with E-state index in [-0.39, 0.29) is 5.95 Å². The van der Waals surface area contributed by atoms with E-state index in [1.807, 2.05) is 60.7 Å². The Bertz CT molecular complexity index is 1090. The van der Waals surface area contributed by atoms with Crippen molar-refractivity contribution in [1.82, 2.24) is 20.6 Å². The van der Waals surface area contributed by atoms with Crippen LogP contribution in [0.4, 0.5) is 5.95 Å². The topological polar surface area (TPSA) is 102 Å². The molecule has 0 radical (unpaired) electrons. The van der Waals surface area contributed by atoms with Crippen molar-refractivity contribution in [3.8, 4) is 11.5 Å². The van der Waals surface area contributed by atoms with Gasteiger partial charge >= 0.3 is 0 Å². The Kier molecular flexibility index (Phi) is 5.95. The van der Waals surface area contributed by atoms with Gasteiger partial charge in [-0.1, -0.05) is 65.8 Å². The Morgan fingerprint density at radius 1 is 0.867 bits per heavy atom. The van der Waals surface area contributed by atoms with E-state index in [9.17, 15) is 4.79 Å². The summed E-state index contributed by atoms with van der Waals surface area (Å²) in [6, 6.07) is 24.6. The van der Waals surface area contributed by atoms with Crippen LogP contribution in [-0.2, 0) is 13.2 Å². The number of carbonyl (C=O) groups excluding carboxylic acids is 1. The van der Waals surface area contributed by atoms with Crippen LogP contribution in [0.5, 0.6) is 11.5 Å². The van der Waals surface area contributed by atoms with Gasteiger partial charge in [-0.05, 0) is 33.7 Å². The molecule has 1 aromatic heterocycles. The van der Waals surface area contributed by atoms with Crippen molar-refractivity contribution < 1.29 is 14.3 Å². The van der Waals surface area contributed by atoms with E-state index in [4.69, 9.17) is 9.47 Å². The summed E-state index contributed by atoms with van der Waals surface area (Å²) in [5.74, 6) is 0.749. The minimum Gasteiger partial charge on any atom is -0.489 e. The largest absolute Gasteiger partial charge is 0.489 e. The molecule has 1 heterocycles. The molecule has 0 aliphatic rings. The summed E-state index contributed by atoms with van der Waals surface area (Å²) < 4.78 is 11.8. The molecule has 0 aliphatic carbocycles. The molecule has 0 atom stereocenters. The molecule has 0 fully saturated rings. The molecule has 0 spiro atoms. The number of ether oxygens (including phenoxy) is 2. The second-order valence-electron chi connectivity index (χ2n) is 6.41. The van der Waals surface area contributed by atoms with Gasteiger partial charge in [0.2, 0.25) is 5.95 Å². The summed E-state index contributed by atoms with van der Waals surface area (Å²) in [6.07, 6.45) is 0. The van der Waals surface area contributed by atoms with E-state index in [1.165, 1.54) is 0 Å². The van der Waals surface area contributed by atoms with Gasteiger partial charge in [-0.25, -0.2) is 5.10 Å². The lowest BCUT2D eigenvalue weighted by molar-refractivity contribution is 0.102. The van der Waals surface area contributed by atoms with Crippen molar-refractivity contribution in [3.05, 3.63) is 95.6 Å². The third-order valence-electron chi connectivity index (χ3n) is 4.26. The molecule has 150 valence electrons. The highest BCUT2D eigenvalue weighted by Crippen LogP contribution is 2.27. The summed E-state index contributed by atoms with van der Waals surface area (Å²) in [5.41, 5.74) is 2.37. The smallest absolute Gasteiger partial charge is 0.261 e. The van der Waals surface area contributed by atoms with Gasteiger partial charge in [0.05, 0.1) is 5.56 Å². The van der Waals surface area contributed by atoms with Crippen LogP contribution in [0, 0.1) is 0 Å². The number of hydrogen-bond donors (Lipinski definition) is 2. The molecule has 8 heteroatoms. The van der Waals surface area contributed by atoms with Gasteiger partial charge in [0.25, 0.3) is 5.91 Å². The average molecular weight is 401 g/mol. The van der Waals surface area contributed by atoms with Gasteiger partial charge < -0.3 is 9.47 Å². The molecule has 3 aromatic carbocycles. The van der Waals surface area contributed by atoms with Crippen LogP contribution in [-0.4, -0.2) is 26.5 Å². The lowest BCUT2D eigenvalue weighted by Crippen LogP contribution is -2.15. The molecule has 0 saturated heterocycles. The van der Waals surface area contributed by atoms with E-state index in [0.717, 1.165) is 11.1 Å². The normalized spacial score (nSPS) is 10.4. The maximum absolute atomic E-state index is 12.7. The zero-order valence-electron chi connectivity index (χ0n) is 16.0. The Balaban J connectivity index is 1.53. The molecular formula is C22H19N5O3. The maximum atomic E-state index is 12.7. The molecule has 4 rings (SSSR count). The zero-order chi connectivity index (χ0) is 20.6. The van der Waals surface area contributed by atoms with E-state index < -0.39 is 5.91 Å². The number of H-pyrrole nitrogens is 1. The maximum Gasteiger partial charge on any atom is 0.261 e. The Morgan fingerprint density at radius 2 is 1.53 bits per heavy atom. The fraction of sp³-hybridized carbons (Fsp3) is 0.0909. The summed E-state index contributed by atoms with van der Waals surface area (Å²) in [5, 5.41) is 15.7. The van der Waals surface area contributed by atoms with Crippen LogP contribution >= 0.6 is 0 Å².